The summed E-state index contributed by atoms with van der Waals surface area (Å²) in [7, 11) is 0. The van der Waals surface area contributed by atoms with Gasteiger partial charge in [0.05, 0.1) is 12.1 Å². The number of halogens is 2. The van der Waals surface area contributed by atoms with Gasteiger partial charge >= 0.3 is 0 Å². The number of ketones is 1. The van der Waals surface area contributed by atoms with Crippen LogP contribution in [0.25, 0.3) is 0 Å². The van der Waals surface area contributed by atoms with Crippen molar-refractivity contribution in [1.82, 2.24) is 0 Å². The summed E-state index contributed by atoms with van der Waals surface area (Å²) in [6, 6.07) is 10.6. The molecule has 0 saturated heterocycles. The highest BCUT2D eigenvalue weighted by Gasteiger charge is 2.08. The minimum atomic E-state index is -0.408. The zero-order valence-electron chi connectivity index (χ0n) is 10.5. The first-order valence-corrected chi connectivity index (χ1v) is 5.92. The van der Waals surface area contributed by atoms with Crippen molar-refractivity contribution in [2.45, 2.75) is 6.42 Å². The van der Waals surface area contributed by atoms with E-state index in [9.17, 15) is 13.6 Å². The second-order valence-electron chi connectivity index (χ2n) is 4.19. The standard InChI is InChI=1S/C15H12F2N2O/c16-11-3-1-10(2-4-11)14(20)9-15(18)19-13-7-5-12(17)6-8-13/h1-8H,9H2,(H2,18,19). The predicted octanol–water partition coefficient (Wildman–Crippen LogP) is 3.23. The lowest BCUT2D eigenvalue weighted by Crippen LogP contribution is -2.16. The van der Waals surface area contributed by atoms with E-state index in [0.717, 1.165) is 0 Å². The van der Waals surface area contributed by atoms with E-state index in [-0.39, 0.29) is 23.9 Å². The number of carbonyl (C=O) groups excluding carboxylic acids is 1. The third kappa shape index (κ3) is 3.71. The van der Waals surface area contributed by atoms with Gasteiger partial charge in [-0.1, -0.05) is 0 Å². The predicted molar refractivity (Wildman–Crippen MR) is 73.0 cm³/mol. The minimum absolute atomic E-state index is 0.0803. The van der Waals surface area contributed by atoms with E-state index in [1.165, 1.54) is 48.5 Å². The van der Waals surface area contributed by atoms with Crippen molar-refractivity contribution >= 4 is 17.3 Å². The quantitative estimate of drug-likeness (QED) is 0.528. The first-order valence-electron chi connectivity index (χ1n) is 5.92. The van der Waals surface area contributed by atoms with Crippen molar-refractivity contribution in [3.63, 3.8) is 0 Å². The summed E-state index contributed by atoms with van der Waals surface area (Å²) < 4.78 is 25.5. The maximum absolute atomic E-state index is 12.7. The molecule has 2 N–H and O–H groups in total. The van der Waals surface area contributed by atoms with Gasteiger partial charge in [-0.05, 0) is 48.5 Å². The molecule has 0 radical (unpaired) electrons. The Morgan fingerprint density at radius 3 is 2.00 bits per heavy atom. The zero-order chi connectivity index (χ0) is 14.5. The van der Waals surface area contributed by atoms with Gasteiger partial charge in [0.15, 0.2) is 5.78 Å². The van der Waals surface area contributed by atoms with Gasteiger partial charge < -0.3 is 5.73 Å². The third-order valence-corrected chi connectivity index (χ3v) is 2.61. The molecule has 2 aromatic rings. The van der Waals surface area contributed by atoms with Crippen LogP contribution in [0.4, 0.5) is 14.5 Å². The second kappa shape index (κ2) is 6.06. The number of Topliss-reactive ketones (excluding diaryl/α,β-unsaturated/α-hetero) is 1. The number of hydrogen-bond acceptors (Lipinski definition) is 2. The van der Waals surface area contributed by atoms with Crippen molar-refractivity contribution < 1.29 is 13.6 Å². The molecule has 20 heavy (non-hydrogen) atoms. The Balaban J connectivity index is 2.07. The Labute approximate surface area is 114 Å². The smallest absolute Gasteiger partial charge is 0.170 e. The number of nitrogens with zero attached hydrogens (tertiary/aromatic N) is 1. The SMILES string of the molecule is NC(CC(=O)c1ccc(F)cc1)=Nc1ccc(F)cc1. The van der Waals surface area contributed by atoms with Crippen molar-refractivity contribution in [3.8, 4) is 0 Å². The lowest BCUT2D eigenvalue weighted by atomic mass is 10.1. The van der Waals surface area contributed by atoms with Crippen molar-refractivity contribution in [1.29, 1.82) is 0 Å². The van der Waals surface area contributed by atoms with E-state index in [0.29, 0.717) is 11.3 Å². The molecule has 0 aromatic heterocycles. The molecule has 2 rings (SSSR count). The Hall–Kier alpha value is -2.56. The molecule has 0 aliphatic carbocycles. The number of rotatable bonds is 4. The van der Waals surface area contributed by atoms with Crippen LogP contribution in [0, 0.1) is 11.6 Å². The van der Waals surface area contributed by atoms with Gasteiger partial charge in [-0.25, -0.2) is 13.8 Å². The van der Waals surface area contributed by atoms with Crippen LogP contribution < -0.4 is 5.73 Å². The fourth-order valence-corrected chi connectivity index (χ4v) is 1.62. The normalized spacial score (nSPS) is 11.4. The van der Waals surface area contributed by atoms with Crippen molar-refractivity contribution in [2.75, 3.05) is 0 Å². The van der Waals surface area contributed by atoms with Crippen LogP contribution in [0.5, 0.6) is 0 Å². The van der Waals surface area contributed by atoms with Crippen LogP contribution in [0.3, 0.4) is 0 Å². The molecule has 0 unspecified atom stereocenters. The lowest BCUT2D eigenvalue weighted by molar-refractivity contribution is 0.100. The Morgan fingerprint density at radius 1 is 0.950 bits per heavy atom. The van der Waals surface area contributed by atoms with E-state index < -0.39 is 5.82 Å². The van der Waals surface area contributed by atoms with E-state index in [2.05, 4.69) is 4.99 Å². The van der Waals surface area contributed by atoms with Crippen LogP contribution in [-0.4, -0.2) is 11.6 Å². The number of hydrogen-bond donors (Lipinski definition) is 1. The molecule has 3 nitrogen and oxygen atoms in total. The van der Waals surface area contributed by atoms with Crippen LogP contribution >= 0.6 is 0 Å². The van der Waals surface area contributed by atoms with Crippen molar-refractivity contribution in [2.24, 2.45) is 10.7 Å². The fraction of sp³-hybridized carbons (Fsp3) is 0.0667. The first kappa shape index (κ1) is 13.9. The van der Waals surface area contributed by atoms with Gasteiger partial charge in [0.1, 0.15) is 17.5 Å². The maximum atomic E-state index is 12.7. The summed E-state index contributed by atoms with van der Waals surface area (Å²) in [6.45, 7) is 0. The summed E-state index contributed by atoms with van der Waals surface area (Å²) in [4.78, 5) is 15.9. The Kier molecular flexibility index (Phi) is 4.20. The third-order valence-electron chi connectivity index (χ3n) is 2.61. The summed E-state index contributed by atoms with van der Waals surface area (Å²) >= 11 is 0. The number of amidine groups is 1. The van der Waals surface area contributed by atoms with Crippen molar-refractivity contribution in [3.05, 3.63) is 65.7 Å². The number of aliphatic imine (C=N–C) groups is 1. The fourth-order valence-electron chi connectivity index (χ4n) is 1.62. The topological polar surface area (TPSA) is 55.5 Å². The molecule has 102 valence electrons. The summed E-state index contributed by atoms with van der Waals surface area (Å²) in [5.41, 5.74) is 6.51. The molecule has 0 bridgehead atoms. The molecule has 0 heterocycles. The molecule has 0 aliphatic heterocycles. The van der Waals surface area contributed by atoms with E-state index >= 15 is 0 Å². The molecule has 2 aromatic carbocycles. The van der Waals surface area contributed by atoms with Crippen LogP contribution in [-0.2, 0) is 0 Å². The minimum Gasteiger partial charge on any atom is -0.387 e. The first-order chi connectivity index (χ1) is 9.54. The lowest BCUT2D eigenvalue weighted by Gasteiger charge is -2.02. The second-order valence-corrected chi connectivity index (χ2v) is 4.19. The van der Waals surface area contributed by atoms with Gasteiger partial charge in [-0.2, -0.15) is 0 Å². The van der Waals surface area contributed by atoms with E-state index in [1.54, 1.807) is 0 Å². The maximum Gasteiger partial charge on any atom is 0.170 e. The Bertz CT molecular complexity index is 634. The molecule has 0 spiro atoms. The highest BCUT2D eigenvalue weighted by molar-refractivity contribution is 6.09. The number of carbonyl (C=O) groups is 1. The van der Waals surface area contributed by atoms with Gasteiger partial charge in [0.2, 0.25) is 0 Å². The molecular weight excluding hydrogens is 262 g/mol. The average Bonchev–Trinajstić information content (AvgIpc) is 2.42. The average molecular weight is 274 g/mol. The highest BCUT2D eigenvalue weighted by atomic mass is 19.1. The number of benzene rings is 2. The van der Waals surface area contributed by atoms with Gasteiger partial charge in [-0.15, -0.1) is 0 Å². The largest absolute Gasteiger partial charge is 0.387 e. The van der Waals surface area contributed by atoms with Gasteiger partial charge in [-0.3, -0.25) is 4.79 Å². The summed E-state index contributed by atoms with van der Waals surface area (Å²) in [6.07, 6.45) is -0.0803. The molecule has 0 saturated carbocycles. The van der Waals surface area contributed by atoms with Gasteiger partial charge in [0, 0.05) is 5.56 Å². The van der Waals surface area contributed by atoms with Crippen LogP contribution in [0.2, 0.25) is 0 Å². The summed E-state index contributed by atoms with van der Waals surface area (Å²) in [5.74, 6) is -0.918. The Morgan fingerprint density at radius 2 is 1.45 bits per heavy atom. The molecule has 0 amide bonds. The number of nitrogens with two attached hydrogens (primary N) is 1. The molecule has 0 atom stereocenters. The molecule has 0 fully saturated rings. The van der Waals surface area contributed by atoms with E-state index in [4.69, 9.17) is 5.73 Å². The zero-order valence-corrected chi connectivity index (χ0v) is 10.5. The van der Waals surface area contributed by atoms with E-state index in [1.807, 2.05) is 0 Å². The molecule has 5 heteroatoms. The van der Waals surface area contributed by atoms with Crippen LogP contribution in [0.1, 0.15) is 16.8 Å². The summed E-state index contributed by atoms with van der Waals surface area (Å²) in [5, 5.41) is 0. The highest BCUT2D eigenvalue weighted by Crippen LogP contribution is 2.13. The van der Waals surface area contributed by atoms with Gasteiger partial charge in [0.25, 0.3) is 0 Å². The molecule has 0 aliphatic rings. The molecular formula is C15H12F2N2O. The van der Waals surface area contributed by atoms with Crippen LogP contribution in [0.15, 0.2) is 53.5 Å². The monoisotopic (exact) mass is 274 g/mol.